The number of nitrogens with zero attached hydrogens (tertiary/aromatic N) is 2. The van der Waals surface area contributed by atoms with E-state index in [1.165, 1.54) is 4.90 Å². The molecule has 0 bridgehead atoms. The van der Waals surface area contributed by atoms with Crippen molar-refractivity contribution in [1.82, 2.24) is 9.80 Å². The normalized spacial score (nSPS) is 16.4. The molecular formula is C15H19Cl2N3O2. The zero-order chi connectivity index (χ0) is 16.3. The molecule has 0 unspecified atom stereocenters. The molecule has 1 aromatic carbocycles. The summed E-state index contributed by atoms with van der Waals surface area (Å²) in [4.78, 5) is 28.1. The first-order valence-corrected chi connectivity index (χ1v) is 7.85. The fourth-order valence-corrected chi connectivity index (χ4v) is 3.04. The highest BCUT2D eigenvalue weighted by Crippen LogP contribution is 2.22. The van der Waals surface area contributed by atoms with E-state index < -0.39 is 11.8 Å². The molecule has 1 aliphatic rings. The first-order chi connectivity index (χ1) is 10.4. The zero-order valence-corrected chi connectivity index (χ0v) is 14.1. The van der Waals surface area contributed by atoms with Gasteiger partial charge >= 0.3 is 11.8 Å². The van der Waals surface area contributed by atoms with Gasteiger partial charge in [-0.1, -0.05) is 23.2 Å². The number of anilines is 1. The van der Waals surface area contributed by atoms with E-state index in [1.807, 2.05) is 7.05 Å². The lowest BCUT2D eigenvalue weighted by Crippen LogP contribution is -2.47. The summed E-state index contributed by atoms with van der Waals surface area (Å²) in [5.74, 6) is -1.23. The van der Waals surface area contributed by atoms with Gasteiger partial charge in [0.25, 0.3) is 0 Å². The average Bonchev–Trinajstić information content (AvgIpc) is 2.45. The molecule has 0 spiro atoms. The summed E-state index contributed by atoms with van der Waals surface area (Å²) >= 11 is 11.8. The summed E-state index contributed by atoms with van der Waals surface area (Å²) in [5, 5.41) is 3.35. The molecule has 2 amide bonds. The lowest BCUT2D eigenvalue weighted by Gasteiger charge is -2.34. The fraction of sp³-hybridized carbons (Fsp3) is 0.467. The van der Waals surface area contributed by atoms with Crippen LogP contribution in [0.2, 0.25) is 10.0 Å². The van der Waals surface area contributed by atoms with E-state index in [0.717, 1.165) is 25.9 Å². The van der Waals surface area contributed by atoms with Crippen LogP contribution in [-0.2, 0) is 9.59 Å². The summed E-state index contributed by atoms with van der Waals surface area (Å²) in [6, 6.07) is 4.76. The second-order valence-corrected chi connectivity index (χ2v) is 6.44. The Morgan fingerprint density at radius 1 is 1.18 bits per heavy atom. The first kappa shape index (κ1) is 17.1. The Kier molecular flexibility index (Phi) is 5.67. The van der Waals surface area contributed by atoms with Gasteiger partial charge in [0.1, 0.15) is 0 Å². The van der Waals surface area contributed by atoms with Crippen LogP contribution in [0.4, 0.5) is 5.69 Å². The van der Waals surface area contributed by atoms with Crippen molar-refractivity contribution in [3.05, 3.63) is 28.2 Å². The van der Waals surface area contributed by atoms with Gasteiger partial charge < -0.3 is 15.1 Å². The van der Waals surface area contributed by atoms with Gasteiger partial charge in [-0.3, -0.25) is 9.59 Å². The third-order valence-corrected chi connectivity index (χ3v) is 4.31. The van der Waals surface area contributed by atoms with Crippen LogP contribution >= 0.6 is 23.2 Å². The van der Waals surface area contributed by atoms with E-state index in [1.54, 1.807) is 25.2 Å². The van der Waals surface area contributed by atoms with Gasteiger partial charge in [-0.05, 0) is 51.2 Å². The summed E-state index contributed by atoms with van der Waals surface area (Å²) in [5.41, 5.74) is 0.410. The van der Waals surface area contributed by atoms with Gasteiger partial charge in [0.05, 0.1) is 0 Å². The van der Waals surface area contributed by atoms with E-state index in [2.05, 4.69) is 10.2 Å². The second-order valence-electron chi connectivity index (χ2n) is 5.56. The Balaban J connectivity index is 1.98. The van der Waals surface area contributed by atoms with Crippen molar-refractivity contribution < 1.29 is 9.59 Å². The SMILES string of the molecule is CN1CCC(N(C)C(=O)C(=O)Nc2cc(Cl)cc(Cl)c2)CC1. The van der Waals surface area contributed by atoms with E-state index in [-0.39, 0.29) is 6.04 Å². The van der Waals surface area contributed by atoms with Crippen molar-refractivity contribution in [2.24, 2.45) is 0 Å². The minimum atomic E-state index is -0.681. The quantitative estimate of drug-likeness (QED) is 0.839. The van der Waals surface area contributed by atoms with E-state index >= 15 is 0 Å². The molecule has 1 N–H and O–H groups in total. The highest BCUT2D eigenvalue weighted by atomic mass is 35.5. The molecule has 0 radical (unpaired) electrons. The predicted octanol–water partition coefficient (Wildman–Crippen LogP) is 2.48. The summed E-state index contributed by atoms with van der Waals surface area (Å²) in [6.07, 6.45) is 1.74. The number of piperidine rings is 1. The lowest BCUT2D eigenvalue weighted by atomic mass is 10.0. The molecule has 0 atom stereocenters. The summed E-state index contributed by atoms with van der Waals surface area (Å²) < 4.78 is 0. The van der Waals surface area contributed by atoms with Crippen LogP contribution in [0, 0.1) is 0 Å². The van der Waals surface area contributed by atoms with Gasteiger partial charge in [-0.15, -0.1) is 0 Å². The number of rotatable bonds is 2. The minimum absolute atomic E-state index is 0.0948. The lowest BCUT2D eigenvalue weighted by molar-refractivity contribution is -0.144. The Hall–Kier alpha value is -1.30. The van der Waals surface area contributed by atoms with Gasteiger partial charge in [-0.25, -0.2) is 0 Å². The molecule has 0 aromatic heterocycles. The molecule has 1 fully saturated rings. The average molecular weight is 344 g/mol. The third kappa shape index (κ3) is 4.35. The number of hydrogen-bond acceptors (Lipinski definition) is 3. The van der Waals surface area contributed by atoms with Gasteiger partial charge in [0, 0.05) is 28.8 Å². The molecule has 5 nitrogen and oxygen atoms in total. The number of benzene rings is 1. The van der Waals surface area contributed by atoms with Gasteiger partial charge in [0.15, 0.2) is 0 Å². The minimum Gasteiger partial charge on any atom is -0.334 e. The zero-order valence-electron chi connectivity index (χ0n) is 12.6. The molecule has 1 aromatic rings. The fourth-order valence-electron chi connectivity index (χ4n) is 2.52. The van der Waals surface area contributed by atoms with Crippen molar-refractivity contribution in [3.8, 4) is 0 Å². The second kappa shape index (κ2) is 7.31. The van der Waals surface area contributed by atoms with Crippen LogP contribution in [0.3, 0.4) is 0 Å². The molecule has 1 saturated heterocycles. The van der Waals surface area contributed by atoms with Crippen LogP contribution in [0.25, 0.3) is 0 Å². The molecule has 0 aliphatic carbocycles. The largest absolute Gasteiger partial charge is 0.334 e. The number of likely N-dealkylation sites (N-methyl/N-ethyl adjacent to an activating group) is 1. The molecule has 1 heterocycles. The number of carbonyl (C=O) groups is 2. The summed E-state index contributed by atoms with van der Waals surface area (Å²) in [6.45, 7) is 1.85. The number of hydrogen-bond donors (Lipinski definition) is 1. The maximum absolute atomic E-state index is 12.2. The number of likely N-dealkylation sites (tertiary alicyclic amines) is 1. The van der Waals surface area contributed by atoms with E-state index in [4.69, 9.17) is 23.2 Å². The van der Waals surface area contributed by atoms with Crippen molar-refractivity contribution in [1.29, 1.82) is 0 Å². The Labute approximate surface area is 140 Å². The maximum atomic E-state index is 12.2. The molecule has 7 heteroatoms. The van der Waals surface area contributed by atoms with Crippen molar-refractivity contribution in [2.75, 3.05) is 32.5 Å². The Bertz CT molecular complexity index is 552. The van der Waals surface area contributed by atoms with Crippen LogP contribution in [0.15, 0.2) is 18.2 Å². The molecule has 22 heavy (non-hydrogen) atoms. The monoisotopic (exact) mass is 343 g/mol. The highest BCUT2D eigenvalue weighted by molar-refractivity contribution is 6.40. The first-order valence-electron chi connectivity index (χ1n) is 7.09. The van der Waals surface area contributed by atoms with Crippen LogP contribution < -0.4 is 5.32 Å². The molecule has 2 rings (SSSR count). The third-order valence-electron chi connectivity index (χ3n) is 3.87. The maximum Gasteiger partial charge on any atom is 0.313 e. The standard InChI is InChI=1S/C15H19Cl2N3O2/c1-19-5-3-13(4-6-19)20(2)15(22)14(21)18-12-8-10(16)7-11(17)9-12/h7-9,13H,3-6H2,1-2H3,(H,18,21). The van der Waals surface area contributed by atoms with Crippen LogP contribution in [0.5, 0.6) is 0 Å². The van der Waals surface area contributed by atoms with E-state index in [0.29, 0.717) is 15.7 Å². The Morgan fingerprint density at radius 3 is 2.27 bits per heavy atom. The number of carbonyl (C=O) groups excluding carboxylic acids is 2. The van der Waals surface area contributed by atoms with Crippen molar-refractivity contribution >= 4 is 40.7 Å². The number of amides is 2. The van der Waals surface area contributed by atoms with E-state index in [9.17, 15) is 9.59 Å². The Morgan fingerprint density at radius 2 is 1.73 bits per heavy atom. The van der Waals surface area contributed by atoms with Crippen LogP contribution in [-0.4, -0.2) is 54.8 Å². The molecule has 0 saturated carbocycles. The topological polar surface area (TPSA) is 52.7 Å². The number of nitrogens with one attached hydrogen (secondary N) is 1. The highest BCUT2D eigenvalue weighted by Gasteiger charge is 2.27. The van der Waals surface area contributed by atoms with Crippen LogP contribution in [0.1, 0.15) is 12.8 Å². The smallest absolute Gasteiger partial charge is 0.313 e. The van der Waals surface area contributed by atoms with Gasteiger partial charge in [0.2, 0.25) is 0 Å². The molecular weight excluding hydrogens is 325 g/mol. The number of halogens is 2. The van der Waals surface area contributed by atoms with Crippen molar-refractivity contribution in [2.45, 2.75) is 18.9 Å². The van der Waals surface area contributed by atoms with Crippen molar-refractivity contribution in [3.63, 3.8) is 0 Å². The molecule has 120 valence electrons. The molecule has 1 aliphatic heterocycles. The predicted molar refractivity (Wildman–Crippen MR) is 88.4 cm³/mol. The van der Waals surface area contributed by atoms with Gasteiger partial charge in [-0.2, -0.15) is 0 Å². The summed E-state index contributed by atoms with van der Waals surface area (Å²) in [7, 11) is 3.72.